The molecule has 8 aromatic rings. The highest BCUT2D eigenvalue weighted by molar-refractivity contribution is 6.23. The number of fused-ring (bicyclic) bond motifs is 7. The average Bonchev–Trinajstić information content (AvgIpc) is 3.51. The van der Waals surface area contributed by atoms with Gasteiger partial charge in [-0.2, -0.15) is 0 Å². The summed E-state index contributed by atoms with van der Waals surface area (Å²) < 4.78 is 0. The first-order chi connectivity index (χ1) is 25.8. The maximum atomic E-state index is 2.61. The Morgan fingerprint density at radius 3 is 1.60 bits per heavy atom. The van der Waals surface area contributed by atoms with Crippen molar-refractivity contribution in [1.82, 2.24) is 0 Å². The first-order valence-electron chi connectivity index (χ1n) is 19.5. The minimum Gasteiger partial charge on any atom is -0.0622 e. The molecule has 8 aromatic carbocycles. The summed E-state index contributed by atoms with van der Waals surface area (Å²) in [5, 5.41) is 8.14. The molecule has 0 atom stereocenters. The van der Waals surface area contributed by atoms with Crippen molar-refractivity contribution in [3.63, 3.8) is 0 Å². The molecule has 0 heteroatoms. The molecule has 0 amide bonds. The van der Waals surface area contributed by atoms with Crippen LogP contribution < -0.4 is 0 Å². The summed E-state index contributed by atoms with van der Waals surface area (Å²) in [4.78, 5) is 0. The van der Waals surface area contributed by atoms with Crippen molar-refractivity contribution in [2.24, 2.45) is 23.7 Å². The van der Waals surface area contributed by atoms with E-state index in [9.17, 15) is 0 Å². The summed E-state index contributed by atoms with van der Waals surface area (Å²) in [6.07, 6.45) is 6.98. The van der Waals surface area contributed by atoms with Crippen LogP contribution in [0.1, 0.15) is 43.2 Å². The predicted molar refractivity (Wildman–Crippen MR) is 219 cm³/mol. The lowest BCUT2D eigenvalue weighted by atomic mass is 9.42. The van der Waals surface area contributed by atoms with Gasteiger partial charge in [0.05, 0.1) is 0 Å². The predicted octanol–water partition coefficient (Wildman–Crippen LogP) is 13.9. The largest absolute Gasteiger partial charge is 0.0622 e. The molecule has 52 heavy (non-hydrogen) atoms. The third kappa shape index (κ3) is 3.83. The van der Waals surface area contributed by atoms with E-state index in [0.29, 0.717) is 11.8 Å². The lowest BCUT2D eigenvalue weighted by Crippen LogP contribution is -2.55. The molecule has 13 rings (SSSR count). The lowest BCUT2D eigenvalue weighted by molar-refractivity contribution is -0.0397. The summed E-state index contributed by atoms with van der Waals surface area (Å²) in [5.74, 6) is 3.20. The van der Waals surface area contributed by atoms with Crippen molar-refractivity contribution in [2.75, 3.05) is 0 Å². The van der Waals surface area contributed by atoms with Crippen LogP contribution in [0, 0.1) is 23.7 Å². The van der Waals surface area contributed by atoms with E-state index in [4.69, 9.17) is 0 Å². The van der Waals surface area contributed by atoms with E-state index in [-0.39, 0.29) is 5.41 Å². The molecule has 0 saturated heterocycles. The summed E-state index contributed by atoms with van der Waals surface area (Å²) in [6.45, 7) is 0. The molecule has 0 aliphatic heterocycles. The van der Waals surface area contributed by atoms with E-state index in [1.165, 1.54) is 109 Å². The van der Waals surface area contributed by atoms with Crippen LogP contribution in [0.15, 0.2) is 158 Å². The average molecular weight is 665 g/mol. The number of rotatable bonds is 3. The highest BCUT2D eigenvalue weighted by Crippen LogP contribution is 2.71. The second kappa shape index (κ2) is 10.8. The zero-order chi connectivity index (χ0) is 34.0. The SMILES string of the molecule is c1ccc(-c2cccc(-c3c4ccccc4c(-c4cc5ccccc5c5c4C4(c6ccccc6-5)C5CC6CC(C5)CC4C6)c4ccccc34)c2)cc1. The van der Waals surface area contributed by atoms with Crippen LogP contribution in [-0.2, 0) is 5.41 Å². The fourth-order valence-corrected chi connectivity index (χ4v) is 12.4. The molecule has 0 heterocycles. The van der Waals surface area contributed by atoms with Crippen molar-refractivity contribution in [1.29, 1.82) is 0 Å². The molecule has 1 spiro atoms. The molecule has 4 fully saturated rings. The van der Waals surface area contributed by atoms with E-state index in [2.05, 4.69) is 158 Å². The molecule has 248 valence electrons. The topological polar surface area (TPSA) is 0 Å². The molecule has 5 aliphatic carbocycles. The van der Waals surface area contributed by atoms with Crippen LogP contribution >= 0.6 is 0 Å². The van der Waals surface area contributed by atoms with Gasteiger partial charge < -0.3 is 0 Å². The van der Waals surface area contributed by atoms with Crippen molar-refractivity contribution < 1.29 is 0 Å². The van der Waals surface area contributed by atoms with Gasteiger partial charge in [-0.05, 0) is 156 Å². The van der Waals surface area contributed by atoms with Crippen molar-refractivity contribution >= 4 is 32.3 Å². The fourth-order valence-electron chi connectivity index (χ4n) is 12.4. The smallest absolute Gasteiger partial charge is 0.0278 e. The highest BCUT2D eigenvalue weighted by atomic mass is 14.7. The Labute approximate surface area is 305 Å². The van der Waals surface area contributed by atoms with Gasteiger partial charge in [0.1, 0.15) is 0 Å². The third-order valence-corrected chi connectivity index (χ3v) is 14.0. The minimum absolute atomic E-state index is 0.0591. The van der Waals surface area contributed by atoms with Gasteiger partial charge in [0, 0.05) is 5.41 Å². The van der Waals surface area contributed by atoms with Gasteiger partial charge in [0.2, 0.25) is 0 Å². The molecule has 0 N–H and O–H groups in total. The van der Waals surface area contributed by atoms with E-state index in [0.717, 1.165) is 11.8 Å². The highest BCUT2D eigenvalue weighted by Gasteiger charge is 2.62. The van der Waals surface area contributed by atoms with Gasteiger partial charge in [0.15, 0.2) is 0 Å². The van der Waals surface area contributed by atoms with Gasteiger partial charge >= 0.3 is 0 Å². The minimum atomic E-state index is 0.0591. The van der Waals surface area contributed by atoms with Crippen LogP contribution in [0.5, 0.6) is 0 Å². The van der Waals surface area contributed by atoms with Crippen LogP contribution in [0.25, 0.3) is 76.8 Å². The van der Waals surface area contributed by atoms with E-state index >= 15 is 0 Å². The normalized spacial score (nSPS) is 23.8. The van der Waals surface area contributed by atoms with E-state index in [1.807, 2.05) is 0 Å². The molecule has 0 radical (unpaired) electrons. The van der Waals surface area contributed by atoms with Gasteiger partial charge in [-0.25, -0.2) is 0 Å². The Hall–Kier alpha value is -5.46. The van der Waals surface area contributed by atoms with E-state index < -0.39 is 0 Å². The number of hydrogen-bond acceptors (Lipinski definition) is 0. The van der Waals surface area contributed by atoms with Crippen LogP contribution in [0.4, 0.5) is 0 Å². The number of benzene rings is 8. The molecule has 0 aromatic heterocycles. The second-order valence-corrected chi connectivity index (χ2v) is 16.4. The zero-order valence-corrected chi connectivity index (χ0v) is 29.4. The van der Waals surface area contributed by atoms with E-state index in [1.54, 1.807) is 11.1 Å². The Bertz CT molecular complexity index is 2660. The molecule has 4 bridgehead atoms. The number of hydrogen-bond donors (Lipinski definition) is 0. The summed E-state index contributed by atoms with van der Waals surface area (Å²) in [5.41, 5.74) is 14.3. The second-order valence-electron chi connectivity index (χ2n) is 16.4. The van der Waals surface area contributed by atoms with Crippen LogP contribution in [0.3, 0.4) is 0 Å². The van der Waals surface area contributed by atoms with Crippen LogP contribution in [0.2, 0.25) is 0 Å². The standard InChI is InChI=1S/C52H40/c1-2-13-34(14-3-1)35-16-12-17-37(30-35)48-41-19-6-8-21-43(41)49(44-22-9-7-20-42(44)48)46-31-36-15-4-5-18-40(36)50-45-23-10-11-24-47(45)52(51(46)50)38-26-32-25-33(28-38)29-39(52)27-32/h1-24,30-33,38-39H,25-29H2. The van der Waals surface area contributed by atoms with Gasteiger partial charge in [-0.1, -0.05) is 146 Å². The van der Waals surface area contributed by atoms with Gasteiger partial charge in [0.25, 0.3) is 0 Å². The Morgan fingerprint density at radius 2 is 0.904 bits per heavy atom. The van der Waals surface area contributed by atoms with Crippen molar-refractivity contribution in [3.05, 3.63) is 169 Å². The summed E-state index contributed by atoms with van der Waals surface area (Å²) in [6, 6.07) is 60.1. The molecule has 0 unspecified atom stereocenters. The summed E-state index contributed by atoms with van der Waals surface area (Å²) in [7, 11) is 0. The van der Waals surface area contributed by atoms with Crippen molar-refractivity contribution in [2.45, 2.75) is 37.5 Å². The summed E-state index contributed by atoms with van der Waals surface area (Å²) >= 11 is 0. The Balaban J connectivity index is 1.22. The maximum Gasteiger partial charge on any atom is 0.0278 e. The zero-order valence-electron chi connectivity index (χ0n) is 29.4. The van der Waals surface area contributed by atoms with Crippen molar-refractivity contribution in [3.8, 4) is 44.5 Å². The lowest BCUT2D eigenvalue weighted by Gasteiger charge is -2.61. The Morgan fingerprint density at radius 1 is 0.365 bits per heavy atom. The molecular weight excluding hydrogens is 625 g/mol. The molecule has 4 saturated carbocycles. The molecule has 0 nitrogen and oxygen atoms in total. The first-order valence-corrected chi connectivity index (χ1v) is 19.5. The molecule has 5 aliphatic rings. The Kier molecular flexibility index (Phi) is 6.04. The third-order valence-electron chi connectivity index (χ3n) is 14.0. The quantitative estimate of drug-likeness (QED) is 0.165. The van der Waals surface area contributed by atoms with Crippen LogP contribution in [-0.4, -0.2) is 0 Å². The monoisotopic (exact) mass is 664 g/mol. The van der Waals surface area contributed by atoms with Gasteiger partial charge in [-0.15, -0.1) is 0 Å². The molecular formula is C52H40. The van der Waals surface area contributed by atoms with Gasteiger partial charge in [-0.3, -0.25) is 0 Å². The fraction of sp³-hybridized carbons (Fsp3) is 0.192. The first kappa shape index (κ1) is 29.2. The maximum absolute atomic E-state index is 2.61.